The van der Waals surface area contributed by atoms with E-state index in [9.17, 15) is 26.4 Å². The standard InChI is InChI=1S/C15H20F3N3O6S/c1-3-21-13(8-19-20-21)26-9-11-7-10(14(22)25-4-2)5-6-12(11)27-28(23,24)15(16,17)18/h8,10H,3-7,9H2,1-2H3. The second kappa shape index (κ2) is 8.80. The molecular formula is C15H20F3N3O6S. The van der Waals surface area contributed by atoms with Crippen LogP contribution in [0.2, 0.25) is 0 Å². The molecule has 1 aliphatic carbocycles. The average molecular weight is 427 g/mol. The van der Waals surface area contributed by atoms with Gasteiger partial charge >= 0.3 is 21.6 Å². The largest absolute Gasteiger partial charge is 0.534 e. The lowest BCUT2D eigenvalue weighted by Gasteiger charge is -2.26. The zero-order chi connectivity index (χ0) is 20.9. The van der Waals surface area contributed by atoms with Crippen LogP contribution in [0.5, 0.6) is 5.88 Å². The lowest BCUT2D eigenvalue weighted by Crippen LogP contribution is -2.29. The highest BCUT2D eigenvalue weighted by molar-refractivity contribution is 7.87. The number of ether oxygens (including phenoxy) is 2. The van der Waals surface area contributed by atoms with Gasteiger partial charge < -0.3 is 13.7 Å². The topological polar surface area (TPSA) is 110 Å². The highest BCUT2D eigenvalue weighted by Gasteiger charge is 2.49. The number of nitrogens with zero attached hydrogens (tertiary/aromatic N) is 3. The lowest BCUT2D eigenvalue weighted by molar-refractivity contribution is -0.148. The molecule has 0 N–H and O–H groups in total. The molecule has 0 radical (unpaired) electrons. The van der Waals surface area contributed by atoms with Crippen molar-refractivity contribution in [1.82, 2.24) is 15.0 Å². The van der Waals surface area contributed by atoms with Gasteiger partial charge in [-0.25, -0.2) is 4.68 Å². The Labute approximate surface area is 159 Å². The molecule has 0 aromatic carbocycles. The van der Waals surface area contributed by atoms with Crippen LogP contribution in [0.1, 0.15) is 33.1 Å². The Hall–Kier alpha value is -2.31. The summed E-state index contributed by atoms with van der Waals surface area (Å²) in [6.45, 7) is 3.71. The van der Waals surface area contributed by atoms with Gasteiger partial charge in [0.2, 0.25) is 5.88 Å². The molecule has 0 aliphatic heterocycles. The van der Waals surface area contributed by atoms with Crippen LogP contribution in [-0.2, 0) is 30.4 Å². The van der Waals surface area contributed by atoms with E-state index in [0.29, 0.717) is 6.54 Å². The predicted octanol–water partition coefficient (Wildman–Crippen LogP) is 2.16. The normalized spacial score (nSPS) is 18.1. The van der Waals surface area contributed by atoms with Gasteiger partial charge in [0.1, 0.15) is 18.6 Å². The zero-order valence-corrected chi connectivity index (χ0v) is 16.0. The van der Waals surface area contributed by atoms with E-state index in [1.807, 2.05) is 0 Å². The smallest absolute Gasteiger partial charge is 0.472 e. The van der Waals surface area contributed by atoms with E-state index in [1.54, 1.807) is 13.8 Å². The second-order valence-corrected chi connectivity index (χ2v) is 7.42. The molecule has 158 valence electrons. The molecule has 13 heteroatoms. The number of halogens is 3. The number of aromatic nitrogens is 3. The number of aryl methyl sites for hydroxylation is 1. The molecule has 0 amide bonds. The number of alkyl halides is 3. The third-order valence-corrected chi connectivity index (χ3v) is 4.98. The molecule has 2 rings (SSSR count). The van der Waals surface area contributed by atoms with Gasteiger partial charge in [-0.2, -0.15) is 21.6 Å². The number of rotatable bonds is 8. The number of esters is 1. The van der Waals surface area contributed by atoms with Gasteiger partial charge in [-0.3, -0.25) is 4.79 Å². The maximum Gasteiger partial charge on any atom is 0.534 e. The average Bonchev–Trinajstić information content (AvgIpc) is 3.07. The fourth-order valence-corrected chi connectivity index (χ4v) is 3.18. The molecule has 0 spiro atoms. The van der Waals surface area contributed by atoms with E-state index >= 15 is 0 Å². The maximum atomic E-state index is 12.7. The Morgan fingerprint density at radius 1 is 1.36 bits per heavy atom. The Kier molecular flexibility index (Phi) is 6.91. The van der Waals surface area contributed by atoms with E-state index < -0.39 is 27.5 Å². The van der Waals surface area contributed by atoms with Gasteiger partial charge in [-0.15, -0.1) is 5.10 Å². The molecule has 1 atom stereocenters. The van der Waals surface area contributed by atoms with E-state index in [1.165, 1.54) is 10.9 Å². The fourth-order valence-electron chi connectivity index (χ4n) is 2.62. The summed E-state index contributed by atoms with van der Waals surface area (Å²) in [7, 11) is -5.82. The molecule has 0 bridgehead atoms. The van der Waals surface area contributed by atoms with E-state index in [4.69, 9.17) is 9.47 Å². The minimum Gasteiger partial charge on any atom is -0.472 e. The molecule has 1 aromatic rings. The SMILES string of the molecule is CCOC(=O)C1CCC(OS(=O)(=O)C(F)(F)F)=C(COc2cnnn2CC)C1. The van der Waals surface area contributed by atoms with Crippen molar-refractivity contribution in [2.75, 3.05) is 13.2 Å². The molecule has 0 fully saturated rings. The quantitative estimate of drug-likeness (QED) is 0.353. The van der Waals surface area contributed by atoms with Crippen molar-refractivity contribution in [3.05, 3.63) is 17.5 Å². The molecule has 1 heterocycles. The molecule has 28 heavy (non-hydrogen) atoms. The molecule has 9 nitrogen and oxygen atoms in total. The lowest BCUT2D eigenvalue weighted by atomic mass is 9.88. The minimum absolute atomic E-state index is 0.0464. The van der Waals surface area contributed by atoms with Crippen LogP contribution in [-0.4, -0.2) is 48.1 Å². The number of carbonyl (C=O) groups excluding carboxylic acids is 1. The van der Waals surface area contributed by atoms with Crippen molar-refractivity contribution >= 4 is 16.1 Å². The first kappa shape index (κ1) is 22.0. The van der Waals surface area contributed by atoms with Gasteiger partial charge in [-0.05, 0) is 26.7 Å². The Morgan fingerprint density at radius 3 is 2.68 bits per heavy atom. The summed E-state index contributed by atoms with van der Waals surface area (Å²) in [5.74, 6) is -1.29. The van der Waals surface area contributed by atoms with Gasteiger partial charge in [-0.1, -0.05) is 5.21 Å². The number of carbonyl (C=O) groups is 1. The van der Waals surface area contributed by atoms with Crippen molar-refractivity contribution in [3.63, 3.8) is 0 Å². The van der Waals surface area contributed by atoms with Crippen LogP contribution in [0.3, 0.4) is 0 Å². The van der Waals surface area contributed by atoms with Gasteiger partial charge in [0.05, 0.1) is 12.5 Å². The first-order valence-electron chi connectivity index (χ1n) is 8.48. The zero-order valence-electron chi connectivity index (χ0n) is 15.2. The molecule has 0 saturated carbocycles. The summed E-state index contributed by atoms with van der Waals surface area (Å²) in [6, 6.07) is 0. The fraction of sp³-hybridized carbons (Fsp3) is 0.667. The third kappa shape index (κ3) is 5.14. The number of hydrogen-bond donors (Lipinski definition) is 0. The summed E-state index contributed by atoms with van der Waals surface area (Å²) in [5, 5.41) is 7.41. The highest BCUT2D eigenvalue weighted by atomic mass is 32.2. The van der Waals surface area contributed by atoms with Gasteiger partial charge in [0.25, 0.3) is 0 Å². The summed E-state index contributed by atoms with van der Waals surface area (Å²) in [4.78, 5) is 12.0. The van der Waals surface area contributed by atoms with Crippen molar-refractivity contribution in [2.45, 2.75) is 45.2 Å². The van der Waals surface area contributed by atoms with Crippen LogP contribution in [0.25, 0.3) is 0 Å². The Bertz CT molecular complexity index is 834. The maximum absolute atomic E-state index is 12.7. The highest BCUT2D eigenvalue weighted by Crippen LogP contribution is 2.35. The van der Waals surface area contributed by atoms with Crippen molar-refractivity contribution < 1.29 is 40.0 Å². The summed E-state index contributed by atoms with van der Waals surface area (Å²) in [5.41, 5.74) is -5.43. The summed E-state index contributed by atoms with van der Waals surface area (Å²) < 4.78 is 76.9. The Morgan fingerprint density at radius 2 is 2.07 bits per heavy atom. The van der Waals surface area contributed by atoms with Crippen molar-refractivity contribution in [3.8, 4) is 5.88 Å². The van der Waals surface area contributed by atoms with Crippen LogP contribution < -0.4 is 4.74 Å². The molecular weight excluding hydrogens is 407 g/mol. The molecule has 1 unspecified atom stereocenters. The molecule has 0 saturated heterocycles. The first-order chi connectivity index (χ1) is 13.1. The van der Waals surface area contributed by atoms with Gasteiger partial charge in [0.15, 0.2) is 0 Å². The monoisotopic (exact) mass is 427 g/mol. The Balaban J connectivity index is 2.25. The number of hydrogen-bond acceptors (Lipinski definition) is 8. The molecule has 1 aromatic heterocycles. The van der Waals surface area contributed by atoms with E-state index in [-0.39, 0.29) is 49.7 Å². The number of allylic oxidation sites excluding steroid dienone is 1. The molecule has 1 aliphatic rings. The van der Waals surface area contributed by atoms with Crippen molar-refractivity contribution in [2.24, 2.45) is 5.92 Å². The summed E-state index contributed by atoms with van der Waals surface area (Å²) in [6.07, 6.45) is 1.18. The van der Waals surface area contributed by atoms with Crippen LogP contribution in [0, 0.1) is 5.92 Å². The minimum atomic E-state index is -5.82. The van der Waals surface area contributed by atoms with E-state index in [2.05, 4.69) is 14.5 Å². The summed E-state index contributed by atoms with van der Waals surface area (Å²) >= 11 is 0. The van der Waals surface area contributed by atoms with E-state index in [0.717, 1.165) is 0 Å². The van der Waals surface area contributed by atoms with Crippen molar-refractivity contribution in [1.29, 1.82) is 0 Å². The van der Waals surface area contributed by atoms with Gasteiger partial charge in [0, 0.05) is 18.5 Å². The third-order valence-electron chi connectivity index (χ3n) is 4.00. The second-order valence-electron chi connectivity index (χ2n) is 5.88. The first-order valence-corrected chi connectivity index (χ1v) is 9.89. The predicted molar refractivity (Wildman–Crippen MR) is 88.3 cm³/mol. The van der Waals surface area contributed by atoms with Crippen LogP contribution >= 0.6 is 0 Å². The van der Waals surface area contributed by atoms with Crippen LogP contribution in [0.4, 0.5) is 13.2 Å². The van der Waals surface area contributed by atoms with Crippen LogP contribution in [0.15, 0.2) is 17.5 Å².